The Morgan fingerprint density at radius 1 is 0.862 bits per heavy atom. The lowest BCUT2D eigenvalue weighted by Crippen LogP contribution is -2.50. The highest BCUT2D eigenvalue weighted by Crippen LogP contribution is 2.45. The number of amides is 1. The molecule has 1 aromatic heterocycles. The molecule has 0 spiro atoms. The smallest absolute Gasteiger partial charge is 0.471 e. The summed E-state index contributed by atoms with van der Waals surface area (Å²) in [5.74, 6) is -1.71. The van der Waals surface area contributed by atoms with Gasteiger partial charge in [0.15, 0.2) is 18.1 Å². The Balaban J connectivity index is 1.48. The molecule has 4 aromatic carbocycles. The van der Waals surface area contributed by atoms with Crippen molar-refractivity contribution in [2.75, 3.05) is 33.1 Å². The van der Waals surface area contributed by atoms with E-state index >= 15 is 0 Å². The minimum absolute atomic E-state index is 0.0960. The van der Waals surface area contributed by atoms with Crippen LogP contribution in [-0.4, -0.2) is 84.3 Å². The molecule has 1 aliphatic rings. The quantitative estimate of drug-likeness (QED) is 0.0710. The Kier molecular flexibility index (Phi) is 12.9. The summed E-state index contributed by atoms with van der Waals surface area (Å²) < 4.78 is 70.0. The number of Topliss-reactive ketones (excluding diaryl/α,β-unsaturated/α-hetero) is 1. The maximum absolute atomic E-state index is 14.9. The van der Waals surface area contributed by atoms with Crippen LogP contribution >= 0.6 is 0 Å². The SMILES string of the molecule is COc1ccc(C(OC(C(=O)c2ccccc2)[C@H]2O[C@@H](n3ccc(N)nc3=O)[C@H](OCCCNC(=O)C(F)(F)F)[C@@H]2O)(c2ccccc2)c2ccc(OC)cc2)cc1. The van der Waals surface area contributed by atoms with E-state index < -0.39 is 66.3 Å². The molecule has 0 radical (unpaired) electrons. The molecule has 5 aromatic rings. The van der Waals surface area contributed by atoms with Crippen molar-refractivity contribution in [2.45, 2.75) is 48.8 Å². The zero-order valence-electron chi connectivity index (χ0n) is 31.4. The van der Waals surface area contributed by atoms with E-state index in [0.717, 1.165) is 4.57 Å². The van der Waals surface area contributed by atoms with Crippen molar-refractivity contribution < 1.29 is 51.6 Å². The lowest BCUT2D eigenvalue weighted by Gasteiger charge is -2.40. The first-order valence-corrected chi connectivity index (χ1v) is 18.1. The topological polar surface area (TPSA) is 173 Å². The van der Waals surface area contributed by atoms with Crippen LogP contribution in [0.2, 0.25) is 0 Å². The minimum atomic E-state index is -5.08. The number of benzene rings is 4. The zero-order valence-corrected chi connectivity index (χ0v) is 31.4. The molecule has 1 unspecified atom stereocenters. The molecule has 1 amide bonds. The van der Waals surface area contributed by atoms with Gasteiger partial charge in [-0.3, -0.25) is 14.2 Å². The first kappa shape index (κ1) is 41.6. The van der Waals surface area contributed by atoms with Crippen LogP contribution in [0.1, 0.15) is 39.7 Å². The fourth-order valence-corrected chi connectivity index (χ4v) is 6.80. The number of rotatable bonds is 16. The lowest BCUT2D eigenvalue weighted by molar-refractivity contribution is -0.173. The summed E-state index contributed by atoms with van der Waals surface area (Å²) in [6.45, 7) is -0.714. The number of hydrogen-bond acceptors (Lipinski definition) is 11. The fraction of sp³-hybridized carbons (Fsp3) is 0.286. The largest absolute Gasteiger partial charge is 0.497 e. The van der Waals surface area contributed by atoms with E-state index in [4.69, 9.17) is 29.4 Å². The third-order valence-electron chi connectivity index (χ3n) is 9.64. The summed E-state index contributed by atoms with van der Waals surface area (Å²) in [4.78, 5) is 43.3. The normalized spacial score (nSPS) is 18.7. The van der Waals surface area contributed by atoms with E-state index in [1.165, 1.54) is 26.5 Å². The second-order valence-corrected chi connectivity index (χ2v) is 13.2. The van der Waals surface area contributed by atoms with Gasteiger partial charge in [-0.1, -0.05) is 84.9 Å². The summed E-state index contributed by atoms with van der Waals surface area (Å²) in [5.41, 5.74) is 5.23. The summed E-state index contributed by atoms with van der Waals surface area (Å²) in [5, 5.41) is 14.0. The second-order valence-electron chi connectivity index (χ2n) is 13.2. The number of ketones is 1. The number of alkyl halides is 3. The number of aromatic nitrogens is 2. The van der Waals surface area contributed by atoms with Crippen molar-refractivity contribution in [1.82, 2.24) is 14.9 Å². The Bertz CT molecular complexity index is 2160. The number of nitrogens with two attached hydrogens (primary N) is 1. The summed E-state index contributed by atoms with van der Waals surface area (Å²) >= 11 is 0. The molecule has 304 valence electrons. The van der Waals surface area contributed by atoms with Crippen molar-refractivity contribution in [3.63, 3.8) is 0 Å². The number of carbonyl (C=O) groups is 2. The molecule has 2 heterocycles. The average molecular weight is 803 g/mol. The molecule has 1 saturated heterocycles. The molecular formula is C42H41F3N4O9. The maximum atomic E-state index is 14.9. The molecule has 0 saturated carbocycles. The van der Waals surface area contributed by atoms with E-state index in [-0.39, 0.29) is 24.4 Å². The number of nitrogens with zero attached hydrogens (tertiary/aromatic N) is 2. The molecule has 13 nitrogen and oxygen atoms in total. The molecule has 5 atom stereocenters. The van der Waals surface area contributed by atoms with Crippen LogP contribution in [0.25, 0.3) is 0 Å². The van der Waals surface area contributed by atoms with Gasteiger partial charge in [-0.05, 0) is 53.4 Å². The van der Waals surface area contributed by atoms with Crippen LogP contribution in [0.4, 0.5) is 19.0 Å². The van der Waals surface area contributed by atoms with E-state index in [0.29, 0.717) is 28.2 Å². The minimum Gasteiger partial charge on any atom is -0.497 e. The number of nitrogens with one attached hydrogen (secondary N) is 1. The molecule has 1 aliphatic heterocycles. The standard InChI is InChI=1S/C42H41F3N4O9/c1-54-30-18-14-28(15-19-30)41(27-12-7-4-8-13-27,29-16-20-31(55-2)21-17-29)58-36(33(50)26-10-5-3-6-11-26)35-34(51)37(56-25-9-23-47-39(52)42(43,44)45)38(57-35)49-24-22-32(46)48-40(49)53/h3-8,10-22,24,34-38,51H,9,23,25H2,1-2H3,(H,47,52)(H2,46,48,53)/t34-,35+,36?,37-,38-/m1/s1. The molecule has 0 aliphatic carbocycles. The van der Waals surface area contributed by atoms with Crippen LogP contribution in [0.3, 0.4) is 0 Å². The Morgan fingerprint density at radius 2 is 1.41 bits per heavy atom. The molecule has 16 heteroatoms. The Labute approximate surface area is 331 Å². The Morgan fingerprint density at radius 3 is 1.95 bits per heavy atom. The molecule has 6 rings (SSSR count). The van der Waals surface area contributed by atoms with Gasteiger partial charge in [-0.25, -0.2) is 4.79 Å². The van der Waals surface area contributed by atoms with Crippen molar-refractivity contribution in [3.05, 3.63) is 154 Å². The van der Waals surface area contributed by atoms with E-state index in [9.17, 15) is 32.7 Å². The van der Waals surface area contributed by atoms with Crippen LogP contribution in [0.5, 0.6) is 11.5 Å². The van der Waals surface area contributed by atoms with Crippen molar-refractivity contribution >= 4 is 17.5 Å². The Hall–Kier alpha value is -6.07. The molecular weight excluding hydrogens is 761 g/mol. The van der Waals surface area contributed by atoms with Gasteiger partial charge in [0.25, 0.3) is 0 Å². The summed E-state index contributed by atoms with van der Waals surface area (Å²) in [6, 6.07) is 32.8. The van der Waals surface area contributed by atoms with Crippen molar-refractivity contribution in [3.8, 4) is 11.5 Å². The van der Waals surface area contributed by atoms with Gasteiger partial charge in [-0.2, -0.15) is 18.2 Å². The van der Waals surface area contributed by atoms with Crippen molar-refractivity contribution in [2.24, 2.45) is 0 Å². The zero-order chi connectivity index (χ0) is 41.5. The number of aliphatic hydroxyl groups excluding tert-OH is 1. The first-order chi connectivity index (χ1) is 27.9. The molecule has 0 bridgehead atoms. The predicted octanol–water partition coefficient (Wildman–Crippen LogP) is 4.82. The van der Waals surface area contributed by atoms with Crippen LogP contribution in [0, 0.1) is 0 Å². The second kappa shape index (κ2) is 18.0. The van der Waals surface area contributed by atoms with E-state index in [1.807, 2.05) is 30.3 Å². The highest BCUT2D eigenvalue weighted by atomic mass is 19.4. The molecule has 58 heavy (non-hydrogen) atoms. The third kappa shape index (κ3) is 8.89. The van der Waals surface area contributed by atoms with Gasteiger partial charge in [-0.15, -0.1) is 0 Å². The van der Waals surface area contributed by atoms with Crippen LogP contribution < -0.4 is 26.2 Å². The predicted molar refractivity (Wildman–Crippen MR) is 204 cm³/mol. The molecule has 4 N–H and O–H groups in total. The number of carbonyl (C=O) groups excluding carboxylic acids is 2. The monoisotopic (exact) mass is 802 g/mol. The van der Waals surface area contributed by atoms with Crippen molar-refractivity contribution in [1.29, 1.82) is 0 Å². The van der Waals surface area contributed by atoms with Gasteiger partial charge in [0.2, 0.25) is 0 Å². The summed E-state index contributed by atoms with van der Waals surface area (Å²) in [6.07, 6.45) is -11.6. The third-order valence-corrected chi connectivity index (χ3v) is 9.64. The number of halogens is 3. The summed E-state index contributed by atoms with van der Waals surface area (Å²) in [7, 11) is 3.06. The van der Waals surface area contributed by atoms with Gasteiger partial charge in [0, 0.05) is 24.9 Å². The van der Waals surface area contributed by atoms with Crippen LogP contribution in [0.15, 0.2) is 126 Å². The van der Waals surface area contributed by atoms with Crippen LogP contribution in [-0.2, 0) is 24.6 Å². The maximum Gasteiger partial charge on any atom is 0.471 e. The average Bonchev–Trinajstić information content (AvgIpc) is 3.55. The fourth-order valence-electron chi connectivity index (χ4n) is 6.80. The number of hydrogen-bond donors (Lipinski definition) is 3. The number of anilines is 1. The van der Waals surface area contributed by atoms with Gasteiger partial charge in [0.1, 0.15) is 41.2 Å². The number of aliphatic hydroxyl groups is 1. The van der Waals surface area contributed by atoms with Gasteiger partial charge in [0.05, 0.1) is 14.2 Å². The number of nitrogen functional groups attached to an aromatic ring is 1. The number of methoxy groups -OCH3 is 2. The highest BCUT2D eigenvalue weighted by molar-refractivity contribution is 6.00. The van der Waals surface area contributed by atoms with E-state index in [2.05, 4.69) is 4.98 Å². The van der Waals surface area contributed by atoms with Gasteiger partial charge >= 0.3 is 17.8 Å². The van der Waals surface area contributed by atoms with Gasteiger partial charge < -0.3 is 39.8 Å². The highest BCUT2D eigenvalue weighted by Gasteiger charge is 2.54. The lowest BCUT2D eigenvalue weighted by atomic mass is 9.79. The molecule has 1 fully saturated rings. The number of ether oxygens (including phenoxy) is 5. The first-order valence-electron chi connectivity index (χ1n) is 18.1. The van der Waals surface area contributed by atoms with E-state index in [1.54, 1.807) is 84.2 Å².